The topological polar surface area (TPSA) is 81.8 Å². The van der Waals surface area contributed by atoms with E-state index in [0.717, 1.165) is 59.9 Å². The second kappa shape index (κ2) is 9.03. The summed E-state index contributed by atoms with van der Waals surface area (Å²) in [7, 11) is 0. The highest BCUT2D eigenvalue weighted by Crippen LogP contribution is 2.35. The Morgan fingerprint density at radius 3 is 2.35 bits per heavy atom. The summed E-state index contributed by atoms with van der Waals surface area (Å²) in [6.07, 6.45) is 14.0. The van der Waals surface area contributed by atoms with E-state index in [-0.39, 0.29) is 5.82 Å². The van der Waals surface area contributed by atoms with Crippen LogP contribution in [0.2, 0.25) is 0 Å². The third kappa shape index (κ3) is 4.10. The van der Waals surface area contributed by atoms with Crippen LogP contribution in [0.1, 0.15) is 57.1 Å². The normalized spacial score (nSPS) is 18.2. The van der Waals surface area contributed by atoms with Crippen LogP contribution in [0.25, 0.3) is 22.5 Å². The molecule has 2 aliphatic carbocycles. The lowest BCUT2D eigenvalue weighted by molar-refractivity contribution is 0.609. The molecule has 7 nitrogen and oxygen atoms in total. The summed E-state index contributed by atoms with van der Waals surface area (Å²) in [5.74, 6) is 1.13. The predicted octanol–water partition coefficient (Wildman–Crippen LogP) is 3.93. The number of fused-ring (bicyclic) bond motifs is 1. The summed E-state index contributed by atoms with van der Waals surface area (Å²) in [4.78, 5) is 9.37. The van der Waals surface area contributed by atoms with E-state index in [9.17, 15) is 4.39 Å². The Bertz CT molecular complexity index is 1240. The maximum atomic E-state index is 13.7. The predicted molar refractivity (Wildman–Crippen MR) is 132 cm³/mol. The molecule has 2 N–H and O–H groups in total. The van der Waals surface area contributed by atoms with Crippen molar-refractivity contribution in [1.29, 1.82) is 0 Å². The molecule has 1 aromatic carbocycles. The molecule has 0 saturated heterocycles. The Morgan fingerprint density at radius 2 is 1.62 bits per heavy atom. The van der Waals surface area contributed by atoms with Crippen molar-refractivity contribution in [1.82, 2.24) is 29.7 Å². The highest BCUT2D eigenvalue weighted by molar-refractivity contribution is 5.93. The summed E-state index contributed by atoms with van der Waals surface area (Å²) in [5, 5.41) is 12.1. The number of hydrogen-bond acceptors (Lipinski definition) is 5. The molecule has 174 valence electrons. The summed E-state index contributed by atoms with van der Waals surface area (Å²) in [5.41, 5.74) is 4.41. The van der Waals surface area contributed by atoms with Gasteiger partial charge >= 0.3 is 5.96 Å². The van der Waals surface area contributed by atoms with Gasteiger partial charge in [-0.2, -0.15) is 0 Å². The van der Waals surface area contributed by atoms with Gasteiger partial charge in [0.25, 0.3) is 0 Å². The van der Waals surface area contributed by atoms with E-state index < -0.39 is 0 Å². The number of nitrogens with zero attached hydrogens (tertiary/aromatic N) is 5. The van der Waals surface area contributed by atoms with Crippen LogP contribution in [-0.2, 0) is 6.42 Å². The lowest BCUT2D eigenvalue weighted by Crippen LogP contribution is -2.42. The fourth-order valence-corrected chi connectivity index (χ4v) is 5.34. The van der Waals surface area contributed by atoms with Gasteiger partial charge in [0.1, 0.15) is 23.4 Å². The van der Waals surface area contributed by atoms with E-state index in [4.69, 9.17) is 10.1 Å². The first-order chi connectivity index (χ1) is 16.7. The number of anilines is 1. The molecule has 2 saturated carbocycles. The molecular weight excluding hydrogens is 429 g/mol. The number of halogens is 1. The van der Waals surface area contributed by atoms with E-state index >= 15 is 0 Å². The molecule has 0 unspecified atom stereocenters. The van der Waals surface area contributed by atoms with Crippen LogP contribution >= 0.6 is 0 Å². The fraction of sp³-hybridized carbons (Fsp3) is 0.423. The number of nitrogens with one attached hydrogen (secondary N) is 2. The van der Waals surface area contributed by atoms with Crippen LogP contribution in [0, 0.1) is 5.82 Å². The molecular formula is C26H29FN7+. The largest absolute Gasteiger partial charge is 0.469 e. The Morgan fingerprint density at radius 1 is 0.912 bits per heavy atom. The smallest absolute Gasteiger partial charge is 0.351 e. The van der Waals surface area contributed by atoms with Gasteiger partial charge in [-0.1, -0.05) is 17.5 Å². The van der Waals surface area contributed by atoms with Gasteiger partial charge in [-0.15, -0.1) is 5.10 Å². The van der Waals surface area contributed by atoms with Crippen LogP contribution in [0.4, 0.5) is 10.3 Å². The molecule has 0 spiro atoms. The van der Waals surface area contributed by atoms with Crippen LogP contribution in [-0.4, -0.2) is 44.0 Å². The minimum absolute atomic E-state index is 0.266. The van der Waals surface area contributed by atoms with Crippen molar-refractivity contribution in [3.63, 3.8) is 0 Å². The first-order valence-corrected chi connectivity index (χ1v) is 12.4. The standard InChI is InChI=1S/C26H28FN7/c27-18-11-9-17(10-12-18)24-23(21-13-15-28-25(32-21)30-19-5-1-2-6-19)22-14-16-29-26(34(22)33-24)31-20-7-3-4-8-20/h9-13,15-16,19-20H,1-8,14H2,(H,28,30,32)/p+1. The van der Waals surface area contributed by atoms with Gasteiger partial charge in [0.05, 0.1) is 23.7 Å². The van der Waals surface area contributed by atoms with Gasteiger partial charge in [0, 0.05) is 17.8 Å². The van der Waals surface area contributed by atoms with Crippen LogP contribution in [0.5, 0.6) is 0 Å². The maximum Gasteiger partial charge on any atom is 0.469 e. The summed E-state index contributed by atoms with van der Waals surface area (Å²) in [6.45, 7) is 0. The van der Waals surface area contributed by atoms with Gasteiger partial charge in [-0.05, 0) is 68.9 Å². The molecule has 0 radical (unpaired) electrons. The minimum Gasteiger partial charge on any atom is -0.351 e. The molecule has 8 heteroatoms. The average Bonchev–Trinajstić information content (AvgIpc) is 3.61. The van der Waals surface area contributed by atoms with E-state index in [1.807, 2.05) is 17.0 Å². The minimum atomic E-state index is -0.266. The van der Waals surface area contributed by atoms with Gasteiger partial charge in [0.15, 0.2) is 0 Å². The zero-order chi connectivity index (χ0) is 22.9. The lowest BCUT2D eigenvalue weighted by atomic mass is 10.0. The molecule has 3 aromatic rings. The van der Waals surface area contributed by atoms with Crippen LogP contribution in [0.15, 0.2) is 36.5 Å². The van der Waals surface area contributed by atoms with Gasteiger partial charge in [0.2, 0.25) is 5.95 Å². The second-order valence-electron chi connectivity index (χ2n) is 9.45. The third-order valence-corrected chi connectivity index (χ3v) is 7.09. The fourth-order valence-electron chi connectivity index (χ4n) is 5.34. The zero-order valence-corrected chi connectivity index (χ0v) is 19.2. The third-order valence-electron chi connectivity index (χ3n) is 7.09. The SMILES string of the molecule is Fc1ccc(-c2nn3c(c2-c2ccnc(NC4CCCC4)n2)CC=[N+]=C3NC2CCCC2)cc1. The highest BCUT2D eigenvalue weighted by Gasteiger charge is 2.33. The molecule has 0 amide bonds. The van der Waals surface area contributed by atoms with Gasteiger partial charge in [-0.3, -0.25) is 5.32 Å². The number of benzene rings is 1. The van der Waals surface area contributed by atoms with E-state index in [2.05, 4.69) is 20.3 Å². The Kier molecular flexibility index (Phi) is 5.59. The molecule has 6 rings (SSSR count). The van der Waals surface area contributed by atoms with Crippen molar-refractivity contribution in [2.24, 2.45) is 0 Å². The number of rotatable bonds is 5. The summed E-state index contributed by atoms with van der Waals surface area (Å²) < 4.78 is 20.3. The van der Waals surface area contributed by atoms with Gasteiger partial charge in [-0.25, -0.2) is 19.0 Å². The Labute approximate surface area is 198 Å². The summed E-state index contributed by atoms with van der Waals surface area (Å²) >= 11 is 0. The van der Waals surface area contributed by atoms with E-state index in [1.165, 1.54) is 37.8 Å². The van der Waals surface area contributed by atoms with Gasteiger partial charge < -0.3 is 5.32 Å². The highest BCUT2D eigenvalue weighted by atomic mass is 19.1. The van der Waals surface area contributed by atoms with Crippen molar-refractivity contribution in [3.05, 3.63) is 48.0 Å². The first-order valence-electron chi connectivity index (χ1n) is 12.4. The van der Waals surface area contributed by atoms with E-state index in [1.54, 1.807) is 18.3 Å². The molecule has 3 aliphatic rings. The monoisotopic (exact) mass is 458 g/mol. The van der Waals surface area contributed by atoms with Crippen molar-refractivity contribution in [2.45, 2.75) is 69.9 Å². The quantitative estimate of drug-likeness (QED) is 0.566. The van der Waals surface area contributed by atoms with Crippen LogP contribution < -0.4 is 15.3 Å². The lowest BCUT2D eigenvalue weighted by Gasteiger charge is -2.13. The first kappa shape index (κ1) is 21.1. The molecule has 0 atom stereocenters. The Balaban J connectivity index is 1.43. The van der Waals surface area contributed by atoms with Crippen molar-refractivity contribution < 1.29 is 4.39 Å². The Hall–Kier alpha value is -3.51. The van der Waals surface area contributed by atoms with E-state index in [0.29, 0.717) is 24.5 Å². The second-order valence-corrected chi connectivity index (χ2v) is 9.45. The molecule has 3 heterocycles. The molecule has 2 aromatic heterocycles. The number of hydrogen-bond donors (Lipinski definition) is 2. The molecule has 0 bridgehead atoms. The summed E-state index contributed by atoms with van der Waals surface area (Å²) in [6, 6.07) is 9.27. The molecule has 2 fully saturated rings. The van der Waals surface area contributed by atoms with Crippen molar-refractivity contribution in [3.8, 4) is 22.5 Å². The van der Waals surface area contributed by atoms with Crippen molar-refractivity contribution >= 4 is 18.1 Å². The molecule has 1 aliphatic heterocycles. The molecule has 34 heavy (non-hydrogen) atoms. The zero-order valence-electron chi connectivity index (χ0n) is 19.2. The maximum absolute atomic E-state index is 13.7. The van der Waals surface area contributed by atoms with Crippen LogP contribution in [0.3, 0.4) is 0 Å². The number of aromatic nitrogens is 4. The average molecular weight is 459 g/mol. The van der Waals surface area contributed by atoms with Crippen molar-refractivity contribution in [2.75, 3.05) is 5.32 Å².